The van der Waals surface area contributed by atoms with Gasteiger partial charge in [0.1, 0.15) is 0 Å². The largest absolute Gasteiger partial charge is 0.325 e. The van der Waals surface area contributed by atoms with E-state index in [9.17, 15) is 0 Å². The highest BCUT2D eigenvalue weighted by atomic mass is 32.2. The molecule has 0 fully saturated rings. The Morgan fingerprint density at radius 1 is 1.78 bits per heavy atom. The highest BCUT2D eigenvalue weighted by Crippen LogP contribution is 2.30. The molecular formula is C6H8OS2. The molecule has 0 aliphatic carbocycles. The van der Waals surface area contributed by atoms with Gasteiger partial charge in [-0.3, -0.25) is 0 Å². The molecule has 0 radical (unpaired) electrons. The highest BCUT2D eigenvalue weighted by molar-refractivity contribution is 8.20. The first kappa shape index (κ1) is 7.12. The summed E-state index contributed by atoms with van der Waals surface area (Å²) in [4.78, 5) is 0.955. The summed E-state index contributed by atoms with van der Waals surface area (Å²) in [5.74, 6) is 0. The molecule has 0 saturated heterocycles. The maximum atomic E-state index is 8.57. The lowest BCUT2D eigenvalue weighted by molar-refractivity contribution is 0.670. The van der Waals surface area contributed by atoms with Gasteiger partial charge in [-0.2, -0.15) is 0 Å². The molecule has 1 nitrogen and oxygen atoms in total. The van der Waals surface area contributed by atoms with Crippen molar-refractivity contribution in [1.29, 1.82) is 0 Å². The van der Waals surface area contributed by atoms with Gasteiger partial charge in [0.05, 0.1) is 0 Å². The predicted molar refractivity (Wildman–Crippen MR) is 46.8 cm³/mol. The van der Waals surface area contributed by atoms with Crippen LogP contribution in [-0.4, -0.2) is 9.92 Å². The van der Waals surface area contributed by atoms with E-state index in [2.05, 4.69) is 10.8 Å². The minimum atomic E-state index is 0.187. The number of allylic oxidation sites excluding steroid dienone is 1. The Balaban J connectivity index is 2.74. The van der Waals surface area contributed by atoms with Crippen LogP contribution in [0.1, 0.15) is 6.92 Å². The van der Waals surface area contributed by atoms with E-state index in [0.29, 0.717) is 0 Å². The molecule has 1 aliphatic heterocycles. The quantitative estimate of drug-likeness (QED) is 0.470. The Kier molecular flexibility index (Phi) is 2.57. The maximum absolute atomic E-state index is 8.57. The summed E-state index contributed by atoms with van der Waals surface area (Å²) in [5.41, 5.74) is 0. The van der Waals surface area contributed by atoms with E-state index in [1.807, 2.05) is 18.4 Å². The lowest BCUT2D eigenvalue weighted by Gasteiger charge is -1.85. The fraction of sp³-hybridized carbons (Fsp3) is 0.167. The van der Waals surface area contributed by atoms with Crippen LogP contribution in [0.5, 0.6) is 0 Å². The third-order valence-electron chi connectivity index (χ3n) is 1.02. The summed E-state index contributed by atoms with van der Waals surface area (Å²) >= 11 is 0.813. The van der Waals surface area contributed by atoms with Gasteiger partial charge < -0.3 is 4.55 Å². The molecule has 0 aromatic heterocycles. The van der Waals surface area contributed by atoms with Crippen molar-refractivity contribution in [3.63, 3.8) is 0 Å². The second-order valence-corrected chi connectivity index (χ2v) is 4.01. The molecule has 0 aromatic rings. The van der Waals surface area contributed by atoms with E-state index in [4.69, 9.17) is 4.55 Å². The predicted octanol–water partition coefficient (Wildman–Crippen LogP) is 2.65. The molecule has 1 atom stereocenters. The molecule has 9 heavy (non-hydrogen) atoms. The van der Waals surface area contributed by atoms with Crippen molar-refractivity contribution in [3.05, 3.63) is 21.8 Å². The molecular weight excluding hydrogens is 152 g/mol. The summed E-state index contributed by atoms with van der Waals surface area (Å²) in [6.45, 7) is 2.02. The standard InChI is InChI=1S/C6H8OS2/c1-2-9-4-3-6(5-9)8-7/h2-5,7H,1H3. The van der Waals surface area contributed by atoms with E-state index >= 15 is 0 Å². The fourth-order valence-corrected chi connectivity index (χ4v) is 2.30. The Hall–Kier alpha value is 0.01000. The molecule has 1 N–H and O–H groups in total. The van der Waals surface area contributed by atoms with Crippen LogP contribution in [0, 0.1) is 0 Å². The van der Waals surface area contributed by atoms with Gasteiger partial charge in [-0.25, -0.2) is 0 Å². The second kappa shape index (κ2) is 3.25. The van der Waals surface area contributed by atoms with E-state index in [-0.39, 0.29) is 10.5 Å². The number of hydrogen-bond donors (Lipinski definition) is 1. The van der Waals surface area contributed by atoms with Crippen molar-refractivity contribution in [2.45, 2.75) is 6.92 Å². The molecule has 3 heteroatoms. The smallest absolute Gasteiger partial charge is 0.0417 e. The average Bonchev–Trinajstić information content (AvgIpc) is 2.34. The van der Waals surface area contributed by atoms with Crippen LogP contribution in [0.2, 0.25) is 0 Å². The van der Waals surface area contributed by atoms with E-state index in [1.54, 1.807) is 0 Å². The van der Waals surface area contributed by atoms with Gasteiger partial charge in [-0.15, -0.1) is 10.5 Å². The zero-order valence-corrected chi connectivity index (χ0v) is 6.71. The molecule has 50 valence electrons. The Morgan fingerprint density at radius 3 is 2.89 bits per heavy atom. The molecule has 1 rings (SSSR count). The third kappa shape index (κ3) is 1.71. The van der Waals surface area contributed by atoms with Crippen LogP contribution >= 0.6 is 22.5 Å². The molecule has 1 aliphatic rings. The van der Waals surface area contributed by atoms with E-state index in [0.717, 1.165) is 16.9 Å². The molecule has 0 spiro atoms. The average molecular weight is 160 g/mol. The van der Waals surface area contributed by atoms with Gasteiger partial charge in [0.15, 0.2) is 0 Å². The molecule has 0 bridgehead atoms. The van der Waals surface area contributed by atoms with Gasteiger partial charge in [0.25, 0.3) is 0 Å². The Bertz CT molecular complexity index is 191. The third-order valence-corrected chi connectivity index (χ3v) is 3.15. The zero-order valence-electron chi connectivity index (χ0n) is 5.07. The van der Waals surface area contributed by atoms with Gasteiger partial charge in [-0.05, 0) is 23.8 Å². The van der Waals surface area contributed by atoms with Crippen LogP contribution in [0.25, 0.3) is 0 Å². The topological polar surface area (TPSA) is 20.2 Å². The van der Waals surface area contributed by atoms with Crippen molar-refractivity contribution in [2.24, 2.45) is 0 Å². The second-order valence-electron chi connectivity index (χ2n) is 1.56. The van der Waals surface area contributed by atoms with Crippen molar-refractivity contribution in [2.75, 3.05) is 0 Å². The highest BCUT2D eigenvalue weighted by Gasteiger charge is 1.97. The lowest BCUT2D eigenvalue weighted by Crippen LogP contribution is -1.58. The van der Waals surface area contributed by atoms with Crippen LogP contribution in [0.4, 0.5) is 0 Å². The Morgan fingerprint density at radius 2 is 2.56 bits per heavy atom. The minimum absolute atomic E-state index is 0.187. The van der Waals surface area contributed by atoms with Crippen LogP contribution in [0.15, 0.2) is 21.8 Å². The van der Waals surface area contributed by atoms with Gasteiger partial charge >= 0.3 is 0 Å². The zero-order chi connectivity index (χ0) is 6.69. The summed E-state index contributed by atoms with van der Waals surface area (Å²) in [5, 5.41) is 6.24. The summed E-state index contributed by atoms with van der Waals surface area (Å²) in [6.07, 6.45) is 1.94. The Labute approximate surface area is 61.6 Å². The van der Waals surface area contributed by atoms with Crippen molar-refractivity contribution in [1.82, 2.24) is 0 Å². The van der Waals surface area contributed by atoms with Gasteiger partial charge in [0, 0.05) is 16.9 Å². The van der Waals surface area contributed by atoms with Crippen molar-refractivity contribution in [3.8, 4) is 0 Å². The number of hydrogen-bond acceptors (Lipinski definition) is 2. The summed E-state index contributed by atoms with van der Waals surface area (Å²) < 4.78 is 8.57. The maximum Gasteiger partial charge on any atom is 0.0417 e. The minimum Gasteiger partial charge on any atom is -0.325 e. The first-order valence-electron chi connectivity index (χ1n) is 2.58. The van der Waals surface area contributed by atoms with Crippen LogP contribution in [-0.2, 0) is 0 Å². The molecule has 1 unspecified atom stereocenters. The molecule has 0 saturated carbocycles. The van der Waals surface area contributed by atoms with Crippen LogP contribution in [0.3, 0.4) is 0 Å². The molecule has 0 amide bonds. The fourth-order valence-electron chi connectivity index (χ4n) is 0.557. The number of rotatable bonds is 1. The van der Waals surface area contributed by atoms with E-state index < -0.39 is 0 Å². The van der Waals surface area contributed by atoms with Crippen LogP contribution < -0.4 is 0 Å². The monoisotopic (exact) mass is 160 g/mol. The summed E-state index contributed by atoms with van der Waals surface area (Å²) in [6, 6.07) is 0. The SMILES string of the molecule is C/C=S1/C=CC(SO)=C1. The normalized spacial score (nSPS) is 25.1. The first-order valence-corrected chi connectivity index (χ1v) is 4.77. The van der Waals surface area contributed by atoms with Crippen molar-refractivity contribution < 1.29 is 4.55 Å². The first-order chi connectivity index (χ1) is 4.36. The summed E-state index contributed by atoms with van der Waals surface area (Å²) in [7, 11) is 0.187. The van der Waals surface area contributed by atoms with Gasteiger partial charge in [-0.1, -0.05) is 5.37 Å². The van der Waals surface area contributed by atoms with Gasteiger partial charge in [0.2, 0.25) is 0 Å². The van der Waals surface area contributed by atoms with Crippen molar-refractivity contribution >= 4 is 27.9 Å². The molecule has 0 aromatic carbocycles. The van der Waals surface area contributed by atoms with E-state index in [1.165, 1.54) is 0 Å². The lowest BCUT2D eigenvalue weighted by atomic mass is 10.6. The molecule has 1 heterocycles.